The summed E-state index contributed by atoms with van der Waals surface area (Å²) in [5.74, 6) is -2.19. The van der Waals surface area contributed by atoms with Gasteiger partial charge in [-0.15, -0.1) is 0 Å². The fourth-order valence-electron chi connectivity index (χ4n) is 7.64. The van der Waals surface area contributed by atoms with E-state index in [2.05, 4.69) is 10.6 Å². The first-order valence-corrected chi connectivity index (χ1v) is 14.8. The minimum Gasteiger partial charge on any atom is -0.356 e. The Morgan fingerprint density at radius 3 is 2.32 bits per heavy atom. The molecule has 3 unspecified atom stereocenters. The minimum absolute atomic E-state index is 0.0269. The number of halogens is 2. The van der Waals surface area contributed by atoms with Gasteiger partial charge in [0.25, 0.3) is 0 Å². The number of ether oxygens (including phenoxy) is 1. The average molecular weight is 561 g/mol. The minimum atomic E-state index is -1.17. The zero-order valence-electron chi connectivity index (χ0n) is 21.7. The summed E-state index contributed by atoms with van der Waals surface area (Å²) >= 11 is 12.2. The Labute approximate surface area is 233 Å². The molecule has 9 heteroatoms. The molecule has 2 aliphatic carbocycles. The SMILES string of the molecule is C[C@@]12C=CC3(O1)C(C(=O)NC1CCCCC1)N(C1CCCCC1)C(=O)[C@@H]3C2C(=O)Nc1ccc(Cl)c(Cl)c1. The Bertz CT molecular complexity index is 1180. The molecule has 6 rings (SSSR count). The summed E-state index contributed by atoms with van der Waals surface area (Å²) < 4.78 is 6.66. The topological polar surface area (TPSA) is 87.7 Å². The van der Waals surface area contributed by atoms with Crippen molar-refractivity contribution in [3.05, 3.63) is 40.4 Å². The van der Waals surface area contributed by atoms with Crippen molar-refractivity contribution < 1.29 is 19.1 Å². The molecule has 204 valence electrons. The Morgan fingerprint density at radius 1 is 0.947 bits per heavy atom. The summed E-state index contributed by atoms with van der Waals surface area (Å²) in [4.78, 5) is 43.9. The fraction of sp³-hybridized carbons (Fsp3) is 0.621. The van der Waals surface area contributed by atoms with E-state index < -0.39 is 29.1 Å². The molecule has 5 atom stereocenters. The molecular formula is C29H35Cl2N3O4. The van der Waals surface area contributed by atoms with Crippen molar-refractivity contribution in [1.29, 1.82) is 0 Å². The lowest BCUT2D eigenvalue weighted by Gasteiger charge is -2.39. The molecule has 2 saturated carbocycles. The number of carbonyl (C=O) groups is 3. The van der Waals surface area contributed by atoms with E-state index in [0.717, 1.165) is 57.8 Å². The number of hydrogen-bond acceptors (Lipinski definition) is 4. The number of carbonyl (C=O) groups excluding carboxylic acids is 3. The molecule has 7 nitrogen and oxygen atoms in total. The van der Waals surface area contributed by atoms with E-state index in [-0.39, 0.29) is 29.8 Å². The number of rotatable bonds is 5. The van der Waals surface area contributed by atoms with Gasteiger partial charge in [0, 0.05) is 17.8 Å². The van der Waals surface area contributed by atoms with Crippen LogP contribution in [0.1, 0.15) is 71.1 Å². The van der Waals surface area contributed by atoms with Gasteiger partial charge in [0.15, 0.2) is 0 Å². The molecule has 38 heavy (non-hydrogen) atoms. The molecule has 3 amide bonds. The van der Waals surface area contributed by atoms with Gasteiger partial charge in [-0.25, -0.2) is 0 Å². The van der Waals surface area contributed by atoms with E-state index in [1.165, 1.54) is 6.42 Å². The van der Waals surface area contributed by atoms with Crippen LogP contribution in [-0.2, 0) is 19.1 Å². The summed E-state index contributed by atoms with van der Waals surface area (Å²) in [6.07, 6.45) is 14.0. The van der Waals surface area contributed by atoms with Crippen LogP contribution >= 0.6 is 23.2 Å². The molecule has 2 N–H and O–H groups in total. The molecule has 2 bridgehead atoms. The molecule has 1 aromatic carbocycles. The van der Waals surface area contributed by atoms with E-state index in [0.29, 0.717) is 15.7 Å². The normalized spacial score (nSPS) is 35.0. The van der Waals surface area contributed by atoms with Crippen molar-refractivity contribution in [2.75, 3.05) is 5.32 Å². The number of hydrogen-bond donors (Lipinski definition) is 2. The van der Waals surface area contributed by atoms with E-state index in [4.69, 9.17) is 27.9 Å². The van der Waals surface area contributed by atoms with Crippen LogP contribution in [0.25, 0.3) is 0 Å². The fourth-order valence-corrected chi connectivity index (χ4v) is 7.94. The number of nitrogens with one attached hydrogen (secondary N) is 2. The maximum absolute atomic E-state index is 14.3. The molecule has 5 aliphatic rings. The summed E-state index contributed by atoms with van der Waals surface area (Å²) in [7, 11) is 0. The summed E-state index contributed by atoms with van der Waals surface area (Å²) in [5, 5.41) is 6.92. The smallest absolute Gasteiger partial charge is 0.246 e. The van der Waals surface area contributed by atoms with Crippen LogP contribution in [0.5, 0.6) is 0 Å². The highest BCUT2D eigenvalue weighted by Crippen LogP contribution is 2.60. The van der Waals surface area contributed by atoms with Crippen LogP contribution < -0.4 is 10.6 Å². The molecular weight excluding hydrogens is 525 g/mol. The van der Waals surface area contributed by atoms with Crippen LogP contribution in [0.15, 0.2) is 30.4 Å². The van der Waals surface area contributed by atoms with Gasteiger partial charge in [-0.3, -0.25) is 14.4 Å². The van der Waals surface area contributed by atoms with Gasteiger partial charge in [0.05, 0.1) is 27.5 Å². The highest BCUT2D eigenvalue weighted by molar-refractivity contribution is 6.42. The Kier molecular flexibility index (Phi) is 6.76. The number of likely N-dealkylation sites (tertiary alicyclic amines) is 1. The second kappa shape index (κ2) is 9.83. The number of anilines is 1. The van der Waals surface area contributed by atoms with E-state index in [9.17, 15) is 14.4 Å². The Balaban J connectivity index is 1.34. The van der Waals surface area contributed by atoms with Crippen molar-refractivity contribution in [3.8, 4) is 0 Å². The van der Waals surface area contributed by atoms with Gasteiger partial charge in [-0.05, 0) is 50.8 Å². The summed E-state index contributed by atoms with van der Waals surface area (Å²) in [6.45, 7) is 1.84. The quantitative estimate of drug-likeness (QED) is 0.482. The van der Waals surface area contributed by atoms with Crippen molar-refractivity contribution in [1.82, 2.24) is 10.2 Å². The third-order valence-electron chi connectivity index (χ3n) is 9.37. The van der Waals surface area contributed by atoms with Gasteiger partial charge >= 0.3 is 0 Å². The van der Waals surface area contributed by atoms with Gasteiger partial charge in [0.1, 0.15) is 11.6 Å². The second-order valence-corrected chi connectivity index (χ2v) is 12.6. The molecule has 1 aromatic rings. The first kappa shape index (κ1) is 26.1. The molecule has 0 aromatic heterocycles. The number of benzene rings is 1. The standard InChI is InChI=1S/C29H35Cl2N3O4/c1-28-14-15-29(38-28)23(22(28)25(35)33-18-12-13-20(30)21(31)16-18)27(37)34(19-10-6-3-7-11-19)24(29)26(36)32-17-8-4-2-5-9-17/h12-17,19,22-24H,2-11H2,1H3,(H,32,36)(H,33,35)/t22?,23-,24?,28-,29?/m0/s1. The predicted molar refractivity (Wildman–Crippen MR) is 146 cm³/mol. The van der Waals surface area contributed by atoms with Gasteiger partial charge in [0.2, 0.25) is 17.7 Å². The monoisotopic (exact) mass is 559 g/mol. The van der Waals surface area contributed by atoms with Crippen molar-refractivity contribution in [2.45, 2.75) is 100 Å². The summed E-state index contributed by atoms with van der Waals surface area (Å²) in [5.41, 5.74) is -1.67. The molecule has 4 fully saturated rings. The molecule has 2 saturated heterocycles. The highest BCUT2D eigenvalue weighted by atomic mass is 35.5. The van der Waals surface area contributed by atoms with Gasteiger partial charge < -0.3 is 20.3 Å². The molecule has 3 heterocycles. The van der Waals surface area contributed by atoms with Crippen LogP contribution in [0, 0.1) is 11.8 Å². The lowest BCUT2D eigenvalue weighted by atomic mass is 9.70. The van der Waals surface area contributed by atoms with Gasteiger partial charge in [-0.1, -0.05) is 73.9 Å². The van der Waals surface area contributed by atoms with E-state index >= 15 is 0 Å². The highest BCUT2D eigenvalue weighted by Gasteiger charge is 2.76. The predicted octanol–water partition coefficient (Wildman–Crippen LogP) is 5.25. The molecule has 3 aliphatic heterocycles. The van der Waals surface area contributed by atoms with Crippen LogP contribution in [0.3, 0.4) is 0 Å². The number of fused-ring (bicyclic) bond motifs is 1. The zero-order valence-corrected chi connectivity index (χ0v) is 23.2. The van der Waals surface area contributed by atoms with Crippen LogP contribution in [0.4, 0.5) is 5.69 Å². The van der Waals surface area contributed by atoms with Crippen LogP contribution in [0.2, 0.25) is 10.0 Å². The van der Waals surface area contributed by atoms with Crippen molar-refractivity contribution in [2.24, 2.45) is 11.8 Å². The zero-order chi connectivity index (χ0) is 26.7. The largest absolute Gasteiger partial charge is 0.356 e. The van der Waals surface area contributed by atoms with Crippen molar-refractivity contribution >= 4 is 46.6 Å². The lowest BCUT2D eigenvalue weighted by molar-refractivity contribution is -0.147. The van der Waals surface area contributed by atoms with E-state index in [1.54, 1.807) is 23.1 Å². The maximum atomic E-state index is 14.3. The third-order valence-corrected chi connectivity index (χ3v) is 10.1. The Hall–Kier alpha value is -2.09. The number of amides is 3. The number of nitrogens with zero attached hydrogens (tertiary/aromatic N) is 1. The van der Waals surface area contributed by atoms with E-state index in [1.807, 2.05) is 19.1 Å². The third kappa shape index (κ3) is 4.16. The van der Waals surface area contributed by atoms with Crippen molar-refractivity contribution in [3.63, 3.8) is 0 Å². The summed E-state index contributed by atoms with van der Waals surface area (Å²) in [6, 6.07) is 4.19. The van der Waals surface area contributed by atoms with Crippen LogP contribution in [-0.4, -0.2) is 51.9 Å². The Morgan fingerprint density at radius 2 is 1.63 bits per heavy atom. The van der Waals surface area contributed by atoms with Gasteiger partial charge in [-0.2, -0.15) is 0 Å². The first-order chi connectivity index (χ1) is 18.2. The first-order valence-electron chi connectivity index (χ1n) is 14.0. The lowest BCUT2D eigenvalue weighted by Crippen LogP contribution is -2.58. The molecule has 1 spiro atoms. The average Bonchev–Trinajstić information content (AvgIpc) is 3.48. The molecule has 0 radical (unpaired) electrons. The second-order valence-electron chi connectivity index (χ2n) is 11.8. The maximum Gasteiger partial charge on any atom is 0.246 e.